The molecular weight excluding hydrogens is 210 g/mol. The first-order valence-corrected chi connectivity index (χ1v) is 6.37. The molecule has 1 aliphatic rings. The highest BCUT2D eigenvalue weighted by atomic mass is 15.0. The van der Waals surface area contributed by atoms with Crippen molar-refractivity contribution in [3.8, 4) is 0 Å². The molecule has 3 nitrogen and oxygen atoms in total. The number of aromatic nitrogens is 2. The van der Waals surface area contributed by atoms with Crippen molar-refractivity contribution in [2.75, 3.05) is 11.9 Å². The number of nitrogens with zero attached hydrogens (tertiary/aromatic N) is 2. The summed E-state index contributed by atoms with van der Waals surface area (Å²) in [5.74, 6) is 1.72. The van der Waals surface area contributed by atoms with Gasteiger partial charge in [-0.15, -0.1) is 0 Å². The smallest absolute Gasteiger partial charge is 0.145 e. The van der Waals surface area contributed by atoms with Crippen molar-refractivity contribution in [3.63, 3.8) is 0 Å². The third kappa shape index (κ3) is 2.38. The molecule has 17 heavy (non-hydrogen) atoms. The minimum atomic E-state index is 0.822. The van der Waals surface area contributed by atoms with Crippen LogP contribution in [0.4, 0.5) is 5.82 Å². The van der Waals surface area contributed by atoms with E-state index in [1.54, 1.807) is 0 Å². The van der Waals surface area contributed by atoms with Gasteiger partial charge in [0.2, 0.25) is 0 Å². The molecule has 1 N–H and O–H groups in total. The third-order valence-corrected chi connectivity index (χ3v) is 3.50. The highest BCUT2D eigenvalue weighted by molar-refractivity contribution is 5.75. The molecule has 88 valence electrons. The van der Waals surface area contributed by atoms with E-state index in [0.29, 0.717) is 0 Å². The molecule has 3 rings (SSSR count). The second kappa shape index (κ2) is 4.70. The zero-order valence-electron chi connectivity index (χ0n) is 9.89. The van der Waals surface area contributed by atoms with Crippen LogP contribution in [0, 0.1) is 5.92 Å². The average molecular weight is 227 g/mol. The van der Waals surface area contributed by atoms with Gasteiger partial charge in [-0.3, -0.25) is 4.98 Å². The molecule has 1 aliphatic carbocycles. The van der Waals surface area contributed by atoms with Crippen molar-refractivity contribution in [2.45, 2.75) is 25.7 Å². The van der Waals surface area contributed by atoms with Gasteiger partial charge >= 0.3 is 0 Å². The summed E-state index contributed by atoms with van der Waals surface area (Å²) in [6, 6.07) is 7.98. The highest BCUT2D eigenvalue weighted by Crippen LogP contribution is 2.24. The van der Waals surface area contributed by atoms with Gasteiger partial charge in [0.05, 0.1) is 17.2 Å². The lowest BCUT2D eigenvalue weighted by molar-refractivity contribution is 0.579. The Labute approximate surface area is 101 Å². The molecule has 0 radical (unpaired) electrons. The van der Waals surface area contributed by atoms with E-state index in [1.165, 1.54) is 25.7 Å². The molecule has 0 spiro atoms. The molecule has 0 unspecified atom stereocenters. The maximum absolute atomic E-state index is 4.56. The molecule has 0 amide bonds. The van der Waals surface area contributed by atoms with Crippen LogP contribution in [-0.2, 0) is 0 Å². The normalized spacial score (nSPS) is 16.5. The number of nitrogens with one attached hydrogen (secondary N) is 1. The fourth-order valence-electron chi connectivity index (χ4n) is 2.51. The fraction of sp³-hybridized carbons (Fsp3) is 0.429. The number of hydrogen-bond donors (Lipinski definition) is 1. The van der Waals surface area contributed by atoms with Gasteiger partial charge in [-0.1, -0.05) is 25.0 Å². The van der Waals surface area contributed by atoms with Crippen molar-refractivity contribution < 1.29 is 0 Å². The van der Waals surface area contributed by atoms with Crippen molar-refractivity contribution in [1.29, 1.82) is 0 Å². The van der Waals surface area contributed by atoms with Gasteiger partial charge in [-0.05, 0) is 30.9 Å². The summed E-state index contributed by atoms with van der Waals surface area (Å²) >= 11 is 0. The summed E-state index contributed by atoms with van der Waals surface area (Å²) in [4.78, 5) is 8.96. The second-order valence-corrected chi connectivity index (χ2v) is 4.78. The molecule has 1 fully saturated rings. The van der Waals surface area contributed by atoms with E-state index in [0.717, 1.165) is 29.3 Å². The maximum atomic E-state index is 4.56. The van der Waals surface area contributed by atoms with Crippen molar-refractivity contribution >= 4 is 16.9 Å². The Morgan fingerprint density at radius 3 is 2.71 bits per heavy atom. The first-order chi connectivity index (χ1) is 8.42. The van der Waals surface area contributed by atoms with Gasteiger partial charge in [0.1, 0.15) is 5.82 Å². The number of anilines is 1. The predicted molar refractivity (Wildman–Crippen MR) is 70.0 cm³/mol. The Morgan fingerprint density at radius 2 is 1.88 bits per heavy atom. The molecular formula is C14H17N3. The van der Waals surface area contributed by atoms with Crippen LogP contribution in [-0.4, -0.2) is 16.5 Å². The average Bonchev–Trinajstić information content (AvgIpc) is 2.89. The zero-order chi connectivity index (χ0) is 11.5. The van der Waals surface area contributed by atoms with Crippen molar-refractivity contribution in [1.82, 2.24) is 9.97 Å². The number of fused-ring (bicyclic) bond motifs is 1. The van der Waals surface area contributed by atoms with Gasteiger partial charge in [0, 0.05) is 6.54 Å². The number of rotatable bonds is 3. The van der Waals surface area contributed by atoms with E-state index < -0.39 is 0 Å². The van der Waals surface area contributed by atoms with Gasteiger partial charge in [0.25, 0.3) is 0 Å². The molecule has 1 aromatic carbocycles. The molecule has 1 heterocycles. The lowest BCUT2D eigenvalue weighted by atomic mass is 10.1. The van der Waals surface area contributed by atoms with Crippen LogP contribution in [0.3, 0.4) is 0 Å². The Bertz CT molecular complexity index is 504. The fourth-order valence-corrected chi connectivity index (χ4v) is 2.51. The minimum absolute atomic E-state index is 0.822. The lowest BCUT2D eigenvalue weighted by Crippen LogP contribution is -2.12. The van der Waals surface area contributed by atoms with Crippen LogP contribution < -0.4 is 5.32 Å². The molecule has 2 aromatic rings. The summed E-state index contributed by atoms with van der Waals surface area (Å²) in [6.07, 6.45) is 7.31. The Morgan fingerprint density at radius 1 is 1.12 bits per heavy atom. The van der Waals surface area contributed by atoms with Crippen LogP contribution in [0.15, 0.2) is 30.5 Å². The number of hydrogen-bond acceptors (Lipinski definition) is 3. The molecule has 3 heteroatoms. The Kier molecular flexibility index (Phi) is 2.90. The summed E-state index contributed by atoms with van der Waals surface area (Å²) in [5.41, 5.74) is 1.92. The van der Waals surface area contributed by atoms with E-state index in [2.05, 4.69) is 15.3 Å². The largest absolute Gasteiger partial charge is 0.368 e. The second-order valence-electron chi connectivity index (χ2n) is 4.78. The van der Waals surface area contributed by atoms with Gasteiger partial charge in [-0.2, -0.15) is 0 Å². The Balaban J connectivity index is 1.72. The van der Waals surface area contributed by atoms with E-state index in [1.807, 2.05) is 30.5 Å². The molecule has 0 saturated heterocycles. The molecule has 0 aliphatic heterocycles. The summed E-state index contributed by atoms with van der Waals surface area (Å²) in [7, 11) is 0. The first kappa shape index (κ1) is 10.5. The van der Waals surface area contributed by atoms with Gasteiger partial charge in [-0.25, -0.2) is 4.98 Å². The maximum Gasteiger partial charge on any atom is 0.145 e. The topological polar surface area (TPSA) is 37.8 Å². The zero-order valence-corrected chi connectivity index (χ0v) is 9.89. The van der Waals surface area contributed by atoms with Gasteiger partial charge in [0.15, 0.2) is 0 Å². The van der Waals surface area contributed by atoms with Crippen LogP contribution in [0.1, 0.15) is 25.7 Å². The summed E-state index contributed by atoms with van der Waals surface area (Å²) in [5, 5.41) is 3.41. The van der Waals surface area contributed by atoms with E-state index in [4.69, 9.17) is 0 Å². The molecule has 0 bridgehead atoms. The van der Waals surface area contributed by atoms with Crippen LogP contribution in [0.25, 0.3) is 11.0 Å². The lowest BCUT2D eigenvalue weighted by Gasteiger charge is -2.10. The summed E-state index contributed by atoms with van der Waals surface area (Å²) in [6.45, 7) is 1.03. The Hall–Kier alpha value is -1.64. The van der Waals surface area contributed by atoms with Crippen molar-refractivity contribution in [3.05, 3.63) is 30.5 Å². The quantitative estimate of drug-likeness (QED) is 0.874. The highest BCUT2D eigenvalue weighted by Gasteiger charge is 2.14. The van der Waals surface area contributed by atoms with E-state index in [-0.39, 0.29) is 0 Å². The standard InChI is InChI=1S/C14H17N3/c1-2-6-11(5-1)9-16-14-10-15-12-7-3-4-8-13(12)17-14/h3-4,7-8,10-11H,1-2,5-6,9H2,(H,16,17). The van der Waals surface area contributed by atoms with Gasteiger partial charge < -0.3 is 5.32 Å². The molecule has 1 aromatic heterocycles. The third-order valence-electron chi connectivity index (χ3n) is 3.50. The number of para-hydroxylation sites is 2. The SMILES string of the molecule is c1ccc2nc(NCC3CCCC3)cnc2c1. The molecule has 0 atom stereocenters. The molecule has 1 saturated carbocycles. The summed E-state index contributed by atoms with van der Waals surface area (Å²) < 4.78 is 0. The predicted octanol–water partition coefficient (Wildman–Crippen LogP) is 3.23. The first-order valence-electron chi connectivity index (χ1n) is 6.37. The van der Waals surface area contributed by atoms with Crippen molar-refractivity contribution in [2.24, 2.45) is 5.92 Å². The van der Waals surface area contributed by atoms with E-state index >= 15 is 0 Å². The van der Waals surface area contributed by atoms with E-state index in [9.17, 15) is 0 Å². The minimum Gasteiger partial charge on any atom is -0.368 e. The van der Waals surface area contributed by atoms with Crippen LogP contribution >= 0.6 is 0 Å². The van der Waals surface area contributed by atoms with Crippen LogP contribution in [0.5, 0.6) is 0 Å². The number of benzene rings is 1. The van der Waals surface area contributed by atoms with Crippen LogP contribution in [0.2, 0.25) is 0 Å². The monoisotopic (exact) mass is 227 g/mol.